The Balaban J connectivity index is 1.82. The number of carbonyl (C=O) groups excluding carboxylic acids is 2. The van der Waals surface area contributed by atoms with E-state index in [-0.39, 0.29) is 17.7 Å². The Bertz CT molecular complexity index is 799. The lowest BCUT2D eigenvalue weighted by Crippen LogP contribution is -2.27. The summed E-state index contributed by atoms with van der Waals surface area (Å²) < 4.78 is 0.890. The summed E-state index contributed by atoms with van der Waals surface area (Å²) in [7, 11) is 0. The van der Waals surface area contributed by atoms with Crippen molar-refractivity contribution in [2.75, 3.05) is 0 Å². The molecule has 1 saturated heterocycles. The number of carbonyl (C=O) groups is 2. The minimum Gasteiger partial charge on any atom is -0.268 e. The lowest BCUT2D eigenvalue weighted by Gasteiger charge is -2.13. The molecule has 0 atom stereocenters. The highest BCUT2D eigenvalue weighted by Gasteiger charge is 2.35. The first-order valence-electron chi connectivity index (χ1n) is 7.10. The Morgan fingerprint density at radius 3 is 2.48 bits per heavy atom. The molecule has 0 N–H and O–H groups in total. The topological polar surface area (TPSA) is 37.4 Å². The largest absolute Gasteiger partial charge is 0.293 e. The number of nitrogens with zero attached hydrogens (tertiary/aromatic N) is 1. The number of aryl methyl sites for hydroxylation is 1. The van der Waals surface area contributed by atoms with Crippen molar-refractivity contribution in [2.24, 2.45) is 0 Å². The van der Waals surface area contributed by atoms with Crippen molar-refractivity contribution in [3.05, 3.63) is 74.6 Å². The maximum atomic E-state index is 12.5. The summed E-state index contributed by atoms with van der Waals surface area (Å²) >= 11 is 4.44. The fraction of sp³-hybridized carbons (Fsp3) is 0.111. The standard InChI is InChI=1S/C18H14BrNO2S/c1-12-6-8-13(9-7-12)10-16-17(21)20(18(22)23-16)11-14-4-2-3-5-15(14)19/h2-10H,11H2,1H3/b16-10+. The molecule has 3 rings (SSSR count). The highest BCUT2D eigenvalue weighted by molar-refractivity contribution is 9.10. The van der Waals surface area contributed by atoms with Crippen LogP contribution in [0.1, 0.15) is 16.7 Å². The van der Waals surface area contributed by atoms with Crippen molar-refractivity contribution in [1.82, 2.24) is 4.90 Å². The molecule has 3 nitrogen and oxygen atoms in total. The van der Waals surface area contributed by atoms with Crippen LogP contribution in [0.25, 0.3) is 6.08 Å². The van der Waals surface area contributed by atoms with Crippen LogP contribution < -0.4 is 0 Å². The second-order valence-corrected chi connectivity index (χ2v) is 7.12. The maximum absolute atomic E-state index is 12.5. The van der Waals surface area contributed by atoms with Gasteiger partial charge in [-0.2, -0.15) is 0 Å². The van der Waals surface area contributed by atoms with E-state index in [0.717, 1.165) is 32.9 Å². The molecular weight excluding hydrogens is 374 g/mol. The van der Waals surface area contributed by atoms with Gasteiger partial charge in [0, 0.05) is 4.47 Å². The van der Waals surface area contributed by atoms with E-state index in [9.17, 15) is 9.59 Å². The lowest BCUT2D eigenvalue weighted by atomic mass is 10.1. The molecule has 23 heavy (non-hydrogen) atoms. The molecule has 0 unspecified atom stereocenters. The molecule has 0 aromatic heterocycles. The van der Waals surface area contributed by atoms with Crippen LogP contribution in [0.2, 0.25) is 0 Å². The van der Waals surface area contributed by atoms with E-state index in [4.69, 9.17) is 0 Å². The average Bonchev–Trinajstić information content (AvgIpc) is 2.79. The van der Waals surface area contributed by atoms with Crippen molar-refractivity contribution in [2.45, 2.75) is 13.5 Å². The molecule has 2 aromatic rings. The van der Waals surface area contributed by atoms with Gasteiger partial charge < -0.3 is 0 Å². The highest BCUT2D eigenvalue weighted by Crippen LogP contribution is 2.34. The number of amides is 2. The fourth-order valence-electron chi connectivity index (χ4n) is 2.25. The third kappa shape index (κ3) is 3.57. The summed E-state index contributed by atoms with van der Waals surface area (Å²) in [5, 5.41) is -0.232. The predicted molar refractivity (Wildman–Crippen MR) is 96.8 cm³/mol. The number of benzene rings is 2. The fourth-order valence-corrected chi connectivity index (χ4v) is 3.50. The van der Waals surface area contributed by atoms with Gasteiger partial charge in [-0.3, -0.25) is 14.5 Å². The third-order valence-corrected chi connectivity index (χ3v) is 5.22. The first-order valence-corrected chi connectivity index (χ1v) is 8.71. The molecule has 2 aromatic carbocycles. The molecule has 0 spiro atoms. The van der Waals surface area contributed by atoms with E-state index in [1.807, 2.05) is 55.5 Å². The van der Waals surface area contributed by atoms with Crippen molar-refractivity contribution in [3.63, 3.8) is 0 Å². The van der Waals surface area contributed by atoms with E-state index in [0.29, 0.717) is 4.91 Å². The third-order valence-electron chi connectivity index (χ3n) is 3.53. The van der Waals surface area contributed by atoms with E-state index >= 15 is 0 Å². The molecular formula is C18H14BrNO2S. The molecule has 0 aliphatic carbocycles. The lowest BCUT2D eigenvalue weighted by molar-refractivity contribution is -0.123. The quantitative estimate of drug-likeness (QED) is 0.695. The molecule has 1 aliphatic heterocycles. The highest BCUT2D eigenvalue weighted by atomic mass is 79.9. The number of thioether (sulfide) groups is 1. The summed E-state index contributed by atoms with van der Waals surface area (Å²) in [4.78, 5) is 26.4. The zero-order chi connectivity index (χ0) is 16.4. The van der Waals surface area contributed by atoms with Gasteiger partial charge in [-0.1, -0.05) is 64.0 Å². The summed E-state index contributed by atoms with van der Waals surface area (Å²) in [5.41, 5.74) is 2.98. The first kappa shape index (κ1) is 16.0. The Morgan fingerprint density at radius 2 is 1.78 bits per heavy atom. The monoisotopic (exact) mass is 387 g/mol. The Hall–Kier alpha value is -1.85. The zero-order valence-electron chi connectivity index (χ0n) is 12.5. The molecule has 0 radical (unpaired) electrons. The van der Waals surface area contributed by atoms with Crippen LogP contribution in [0.5, 0.6) is 0 Å². The second-order valence-electron chi connectivity index (χ2n) is 5.27. The number of hydrogen-bond acceptors (Lipinski definition) is 3. The molecule has 0 saturated carbocycles. The van der Waals surface area contributed by atoms with Crippen molar-refractivity contribution < 1.29 is 9.59 Å². The van der Waals surface area contributed by atoms with Crippen LogP contribution in [-0.4, -0.2) is 16.0 Å². The van der Waals surface area contributed by atoms with Gasteiger partial charge in [0.25, 0.3) is 11.1 Å². The maximum Gasteiger partial charge on any atom is 0.293 e. The van der Waals surface area contributed by atoms with Gasteiger partial charge in [0.1, 0.15) is 0 Å². The van der Waals surface area contributed by atoms with Gasteiger partial charge in [-0.05, 0) is 42.0 Å². The molecule has 116 valence electrons. The number of imide groups is 1. The van der Waals surface area contributed by atoms with E-state index < -0.39 is 0 Å². The van der Waals surface area contributed by atoms with Gasteiger partial charge in [0.2, 0.25) is 0 Å². The van der Waals surface area contributed by atoms with Crippen LogP contribution in [0.4, 0.5) is 4.79 Å². The van der Waals surface area contributed by atoms with Crippen LogP contribution in [0, 0.1) is 6.92 Å². The van der Waals surface area contributed by atoms with Gasteiger partial charge in [-0.25, -0.2) is 0 Å². The van der Waals surface area contributed by atoms with Crippen LogP contribution >= 0.6 is 27.7 Å². The van der Waals surface area contributed by atoms with E-state index in [1.165, 1.54) is 4.90 Å². The average molecular weight is 388 g/mol. The predicted octanol–water partition coefficient (Wildman–Crippen LogP) is 4.99. The van der Waals surface area contributed by atoms with Gasteiger partial charge >= 0.3 is 0 Å². The van der Waals surface area contributed by atoms with Gasteiger partial charge in [0.05, 0.1) is 11.4 Å². The van der Waals surface area contributed by atoms with Gasteiger partial charge in [0.15, 0.2) is 0 Å². The molecule has 0 bridgehead atoms. The first-order chi connectivity index (χ1) is 11.0. The van der Waals surface area contributed by atoms with Crippen LogP contribution in [-0.2, 0) is 11.3 Å². The molecule has 5 heteroatoms. The van der Waals surface area contributed by atoms with Crippen LogP contribution in [0.15, 0.2) is 57.9 Å². The molecule has 2 amide bonds. The molecule has 1 aliphatic rings. The summed E-state index contributed by atoms with van der Waals surface area (Å²) in [6.45, 7) is 2.28. The Morgan fingerprint density at radius 1 is 1.09 bits per heavy atom. The SMILES string of the molecule is Cc1ccc(/C=C2/SC(=O)N(Cc3ccccc3Br)C2=O)cc1. The molecule has 1 heterocycles. The smallest absolute Gasteiger partial charge is 0.268 e. The van der Waals surface area contributed by atoms with Crippen molar-refractivity contribution >= 4 is 44.9 Å². The second kappa shape index (κ2) is 6.72. The van der Waals surface area contributed by atoms with Crippen molar-refractivity contribution in [3.8, 4) is 0 Å². The van der Waals surface area contributed by atoms with E-state index in [1.54, 1.807) is 6.08 Å². The van der Waals surface area contributed by atoms with Gasteiger partial charge in [-0.15, -0.1) is 0 Å². The number of rotatable bonds is 3. The Kier molecular flexibility index (Phi) is 4.68. The number of halogens is 1. The summed E-state index contributed by atoms with van der Waals surface area (Å²) in [6, 6.07) is 15.4. The Labute approximate surface area is 147 Å². The minimum atomic E-state index is -0.240. The summed E-state index contributed by atoms with van der Waals surface area (Å²) in [6.07, 6.45) is 1.77. The zero-order valence-corrected chi connectivity index (χ0v) is 14.9. The minimum absolute atomic E-state index is 0.232. The summed E-state index contributed by atoms with van der Waals surface area (Å²) in [5.74, 6) is -0.240. The van der Waals surface area contributed by atoms with Crippen LogP contribution in [0.3, 0.4) is 0 Å². The van der Waals surface area contributed by atoms with Crippen molar-refractivity contribution in [1.29, 1.82) is 0 Å². The van der Waals surface area contributed by atoms with E-state index in [2.05, 4.69) is 15.9 Å². The molecule has 1 fully saturated rings. The number of hydrogen-bond donors (Lipinski definition) is 0. The normalized spacial score (nSPS) is 16.4.